The van der Waals surface area contributed by atoms with Crippen molar-refractivity contribution in [1.82, 2.24) is 25.6 Å². The van der Waals surface area contributed by atoms with Gasteiger partial charge in [-0.1, -0.05) is 18.6 Å². The fraction of sp³-hybridized carbons (Fsp3) is 0.636. The molecule has 0 bridgehead atoms. The highest BCUT2D eigenvalue weighted by molar-refractivity contribution is 5.75. The molecule has 1 aromatic heterocycles. The maximum atomic E-state index is 11.6. The van der Waals surface area contributed by atoms with Gasteiger partial charge in [-0.25, -0.2) is 4.79 Å². The molecule has 1 rings (SSSR count). The van der Waals surface area contributed by atoms with E-state index in [1.54, 1.807) is 17.1 Å². The number of hydrogen-bond donors (Lipinski definition) is 3. The van der Waals surface area contributed by atoms with Gasteiger partial charge in [-0.3, -0.25) is 9.48 Å². The van der Waals surface area contributed by atoms with E-state index in [0.29, 0.717) is 19.5 Å². The Bertz CT molecular complexity index is 393. The van der Waals surface area contributed by atoms with E-state index < -0.39 is 5.97 Å². The fourth-order valence-electron chi connectivity index (χ4n) is 1.66. The third kappa shape index (κ3) is 6.39. The number of carboxylic acids is 1. The van der Waals surface area contributed by atoms with Gasteiger partial charge < -0.3 is 15.7 Å². The zero-order chi connectivity index (χ0) is 14.1. The summed E-state index contributed by atoms with van der Waals surface area (Å²) in [5, 5.41) is 21.4. The topological polar surface area (TPSA) is 109 Å². The Morgan fingerprint density at radius 3 is 2.84 bits per heavy atom. The van der Waals surface area contributed by atoms with E-state index in [1.807, 2.05) is 6.92 Å². The van der Waals surface area contributed by atoms with E-state index in [1.165, 1.54) is 0 Å². The number of hydrogen-bond acceptors (Lipinski definition) is 4. The molecular weight excluding hydrogens is 250 g/mol. The fourth-order valence-corrected chi connectivity index (χ4v) is 1.66. The Kier molecular flexibility index (Phi) is 6.34. The van der Waals surface area contributed by atoms with Crippen LogP contribution in [0.4, 0.5) is 4.79 Å². The van der Waals surface area contributed by atoms with Crippen molar-refractivity contribution in [3.8, 4) is 0 Å². The molecule has 2 amide bonds. The Hall–Kier alpha value is -2.12. The van der Waals surface area contributed by atoms with E-state index in [4.69, 9.17) is 5.11 Å². The smallest absolute Gasteiger partial charge is 0.315 e. The summed E-state index contributed by atoms with van der Waals surface area (Å²) in [6.07, 6.45) is 4.65. The summed E-state index contributed by atoms with van der Waals surface area (Å²) in [4.78, 5) is 22.2. The third-order valence-corrected chi connectivity index (χ3v) is 2.49. The maximum absolute atomic E-state index is 11.6. The van der Waals surface area contributed by atoms with Crippen molar-refractivity contribution >= 4 is 12.0 Å². The standard InChI is InChI=1S/C11H19N5O3/c1-2-3-9(8-10(17)18)14-11(19)12-4-6-16-7-5-13-15-16/h5,7,9H,2-4,6,8H2,1H3,(H,17,18)(H2,12,14,19). The molecule has 0 aliphatic heterocycles. The predicted molar refractivity (Wildman–Crippen MR) is 67.5 cm³/mol. The second-order valence-corrected chi connectivity index (χ2v) is 4.15. The predicted octanol–water partition coefficient (Wildman–Crippen LogP) is 0.221. The molecule has 3 N–H and O–H groups in total. The molecular formula is C11H19N5O3. The lowest BCUT2D eigenvalue weighted by Crippen LogP contribution is -2.43. The monoisotopic (exact) mass is 269 g/mol. The summed E-state index contributed by atoms with van der Waals surface area (Å²) in [6.45, 7) is 2.87. The maximum Gasteiger partial charge on any atom is 0.315 e. The van der Waals surface area contributed by atoms with Crippen LogP contribution in [0.1, 0.15) is 26.2 Å². The minimum atomic E-state index is -0.915. The number of nitrogens with one attached hydrogen (secondary N) is 2. The summed E-state index contributed by atoms with van der Waals surface area (Å²) >= 11 is 0. The van der Waals surface area contributed by atoms with Gasteiger partial charge in [-0.2, -0.15) is 0 Å². The quantitative estimate of drug-likeness (QED) is 0.625. The molecule has 1 atom stereocenters. The van der Waals surface area contributed by atoms with Crippen LogP contribution in [-0.2, 0) is 11.3 Å². The lowest BCUT2D eigenvalue weighted by molar-refractivity contribution is -0.137. The Labute approximate surface area is 111 Å². The molecule has 0 saturated heterocycles. The second-order valence-electron chi connectivity index (χ2n) is 4.15. The number of amides is 2. The van der Waals surface area contributed by atoms with Crippen LogP contribution < -0.4 is 10.6 Å². The van der Waals surface area contributed by atoms with Crippen LogP contribution in [0.25, 0.3) is 0 Å². The average Bonchev–Trinajstić information content (AvgIpc) is 2.81. The van der Waals surface area contributed by atoms with Crippen LogP contribution >= 0.6 is 0 Å². The molecule has 0 spiro atoms. The van der Waals surface area contributed by atoms with E-state index in [0.717, 1.165) is 6.42 Å². The van der Waals surface area contributed by atoms with Crippen molar-refractivity contribution in [2.45, 2.75) is 38.8 Å². The van der Waals surface area contributed by atoms with Crippen molar-refractivity contribution in [3.63, 3.8) is 0 Å². The number of rotatable bonds is 8. The largest absolute Gasteiger partial charge is 0.481 e. The van der Waals surface area contributed by atoms with E-state index >= 15 is 0 Å². The molecule has 1 unspecified atom stereocenters. The van der Waals surface area contributed by atoms with Gasteiger partial charge in [0.2, 0.25) is 0 Å². The molecule has 0 saturated carbocycles. The molecule has 0 aliphatic carbocycles. The molecule has 0 fully saturated rings. The molecule has 0 radical (unpaired) electrons. The van der Waals surface area contributed by atoms with Crippen LogP contribution in [0, 0.1) is 0 Å². The normalized spacial score (nSPS) is 11.8. The number of nitrogens with zero attached hydrogens (tertiary/aromatic N) is 3. The van der Waals surface area contributed by atoms with Crippen molar-refractivity contribution in [1.29, 1.82) is 0 Å². The van der Waals surface area contributed by atoms with E-state index in [2.05, 4.69) is 20.9 Å². The molecule has 1 aromatic rings. The van der Waals surface area contributed by atoms with Crippen LogP contribution in [0.2, 0.25) is 0 Å². The van der Waals surface area contributed by atoms with Crippen LogP contribution in [0.3, 0.4) is 0 Å². The summed E-state index contributed by atoms with van der Waals surface area (Å²) in [7, 11) is 0. The van der Waals surface area contributed by atoms with Gasteiger partial charge in [-0.05, 0) is 6.42 Å². The Morgan fingerprint density at radius 2 is 2.26 bits per heavy atom. The van der Waals surface area contributed by atoms with E-state index in [9.17, 15) is 9.59 Å². The molecule has 8 heteroatoms. The highest BCUT2D eigenvalue weighted by Gasteiger charge is 2.14. The van der Waals surface area contributed by atoms with Crippen LogP contribution in [0.5, 0.6) is 0 Å². The van der Waals surface area contributed by atoms with Gasteiger partial charge >= 0.3 is 12.0 Å². The molecule has 8 nitrogen and oxygen atoms in total. The SMILES string of the molecule is CCCC(CC(=O)O)NC(=O)NCCn1ccnn1. The zero-order valence-corrected chi connectivity index (χ0v) is 10.9. The summed E-state index contributed by atoms with van der Waals surface area (Å²) < 4.78 is 1.60. The number of aliphatic carboxylic acids is 1. The summed E-state index contributed by atoms with van der Waals surface area (Å²) in [5.41, 5.74) is 0. The second kappa shape index (κ2) is 8.06. The first-order valence-corrected chi connectivity index (χ1v) is 6.22. The first kappa shape index (κ1) is 14.9. The van der Waals surface area contributed by atoms with Crippen LogP contribution in [-0.4, -0.2) is 44.7 Å². The Morgan fingerprint density at radius 1 is 1.47 bits per heavy atom. The minimum absolute atomic E-state index is 0.0651. The van der Waals surface area contributed by atoms with Crippen LogP contribution in [0.15, 0.2) is 12.4 Å². The van der Waals surface area contributed by atoms with Crippen molar-refractivity contribution in [2.75, 3.05) is 6.54 Å². The third-order valence-electron chi connectivity index (χ3n) is 2.49. The number of urea groups is 1. The summed E-state index contributed by atoms with van der Waals surface area (Å²) in [6, 6.07) is -0.700. The first-order chi connectivity index (χ1) is 9.11. The molecule has 1 heterocycles. The van der Waals surface area contributed by atoms with Gasteiger partial charge in [0.05, 0.1) is 19.2 Å². The highest BCUT2D eigenvalue weighted by Crippen LogP contribution is 2.01. The number of aromatic nitrogens is 3. The van der Waals surface area contributed by atoms with Crippen molar-refractivity contribution in [3.05, 3.63) is 12.4 Å². The average molecular weight is 269 g/mol. The zero-order valence-electron chi connectivity index (χ0n) is 10.9. The molecule has 0 aliphatic rings. The first-order valence-electron chi connectivity index (χ1n) is 6.22. The number of carbonyl (C=O) groups excluding carboxylic acids is 1. The lowest BCUT2D eigenvalue weighted by atomic mass is 10.1. The van der Waals surface area contributed by atoms with Gasteiger partial charge in [0.15, 0.2) is 0 Å². The van der Waals surface area contributed by atoms with Gasteiger partial charge in [0.1, 0.15) is 0 Å². The van der Waals surface area contributed by atoms with Gasteiger partial charge in [0, 0.05) is 18.8 Å². The lowest BCUT2D eigenvalue weighted by Gasteiger charge is -2.16. The molecule has 19 heavy (non-hydrogen) atoms. The van der Waals surface area contributed by atoms with Crippen molar-refractivity contribution in [2.24, 2.45) is 0 Å². The molecule has 0 aromatic carbocycles. The highest BCUT2D eigenvalue weighted by atomic mass is 16.4. The Balaban J connectivity index is 2.25. The summed E-state index contributed by atoms with van der Waals surface area (Å²) in [5.74, 6) is -0.915. The molecule has 106 valence electrons. The van der Waals surface area contributed by atoms with Crippen molar-refractivity contribution < 1.29 is 14.7 Å². The number of carboxylic acid groups (broad SMARTS) is 1. The van der Waals surface area contributed by atoms with Gasteiger partial charge in [-0.15, -0.1) is 5.10 Å². The van der Waals surface area contributed by atoms with E-state index in [-0.39, 0.29) is 18.5 Å². The number of carbonyl (C=O) groups is 2. The van der Waals surface area contributed by atoms with Gasteiger partial charge in [0.25, 0.3) is 0 Å². The minimum Gasteiger partial charge on any atom is -0.481 e.